The van der Waals surface area contributed by atoms with Gasteiger partial charge in [-0.05, 0) is 36.8 Å². The quantitative estimate of drug-likeness (QED) is 0.689. The molecule has 3 heteroatoms. The number of nitrogens with one attached hydrogen (secondary N) is 1. The number of hydrogen-bond donors (Lipinski definition) is 1. The fourth-order valence-corrected chi connectivity index (χ4v) is 2.09. The van der Waals surface area contributed by atoms with Crippen LogP contribution in [0, 0.1) is 5.82 Å². The van der Waals surface area contributed by atoms with Gasteiger partial charge < -0.3 is 10.1 Å². The standard InChI is InChI=1S/C18H22FNO/c1-2-3-6-13-21-18-8-5-4-7-15(18)14-20-17-11-9-16(19)10-12-17/h4-5,7-12,20H,2-3,6,13-14H2,1H3. The lowest BCUT2D eigenvalue weighted by molar-refractivity contribution is 0.303. The first-order valence-corrected chi connectivity index (χ1v) is 7.49. The third-order valence-electron chi connectivity index (χ3n) is 3.31. The molecule has 2 aromatic rings. The smallest absolute Gasteiger partial charge is 0.124 e. The van der Waals surface area contributed by atoms with E-state index in [1.54, 1.807) is 12.1 Å². The molecule has 0 aromatic heterocycles. The SMILES string of the molecule is CCCCCOc1ccccc1CNc1ccc(F)cc1. The molecule has 1 N–H and O–H groups in total. The molecular formula is C18H22FNO. The van der Waals surface area contributed by atoms with Crippen molar-refractivity contribution in [2.75, 3.05) is 11.9 Å². The molecule has 0 amide bonds. The number of halogens is 1. The summed E-state index contributed by atoms with van der Waals surface area (Å²) in [5.74, 6) is 0.698. The largest absolute Gasteiger partial charge is 0.493 e. The molecule has 0 unspecified atom stereocenters. The van der Waals surface area contributed by atoms with Crippen LogP contribution >= 0.6 is 0 Å². The normalized spacial score (nSPS) is 10.4. The molecule has 21 heavy (non-hydrogen) atoms. The van der Waals surface area contributed by atoms with E-state index in [-0.39, 0.29) is 5.82 Å². The van der Waals surface area contributed by atoms with Crippen molar-refractivity contribution < 1.29 is 9.13 Å². The van der Waals surface area contributed by atoms with E-state index >= 15 is 0 Å². The molecule has 0 aliphatic heterocycles. The van der Waals surface area contributed by atoms with Gasteiger partial charge in [0, 0.05) is 17.8 Å². The maximum atomic E-state index is 12.9. The highest BCUT2D eigenvalue weighted by molar-refractivity contribution is 5.45. The summed E-state index contributed by atoms with van der Waals surface area (Å²) >= 11 is 0. The Hall–Kier alpha value is -2.03. The number of unbranched alkanes of at least 4 members (excludes halogenated alkanes) is 2. The minimum Gasteiger partial charge on any atom is -0.493 e. The number of anilines is 1. The van der Waals surface area contributed by atoms with Crippen molar-refractivity contribution in [1.29, 1.82) is 0 Å². The van der Waals surface area contributed by atoms with Gasteiger partial charge in [0.05, 0.1) is 6.61 Å². The predicted octanol–water partition coefficient (Wildman–Crippen LogP) is 5.01. The van der Waals surface area contributed by atoms with E-state index in [9.17, 15) is 4.39 Å². The number of ether oxygens (including phenoxy) is 1. The Labute approximate surface area is 126 Å². The average Bonchev–Trinajstić information content (AvgIpc) is 2.52. The summed E-state index contributed by atoms with van der Waals surface area (Å²) in [6.07, 6.45) is 3.46. The first-order valence-electron chi connectivity index (χ1n) is 7.49. The van der Waals surface area contributed by atoms with Crippen LogP contribution in [0.5, 0.6) is 5.75 Å². The van der Waals surface area contributed by atoms with Crippen LogP contribution in [0.3, 0.4) is 0 Å². The fraction of sp³-hybridized carbons (Fsp3) is 0.333. The van der Waals surface area contributed by atoms with Gasteiger partial charge in [-0.2, -0.15) is 0 Å². The third-order valence-corrected chi connectivity index (χ3v) is 3.31. The zero-order chi connectivity index (χ0) is 14.9. The predicted molar refractivity (Wildman–Crippen MR) is 85.2 cm³/mol. The Balaban J connectivity index is 1.91. The highest BCUT2D eigenvalue weighted by Crippen LogP contribution is 2.20. The van der Waals surface area contributed by atoms with Gasteiger partial charge in [0.15, 0.2) is 0 Å². The van der Waals surface area contributed by atoms with Crippen LogP contribution in [0.15, 0.2) is 48.5 Å². The van der Waals surface area contributed by atoms with Crippen LogP contribution in [0.1, 0.15) is 31.7 Å². The van der Waals surface area contributed by atoms with Crippen molar-refractivity contribution in [3.05, 3.63) is 59.9 Å². The van der Waals surface area contributed by atoms with Crippen molar-refractivity contribution >= 4 is 5.69 Å². The lowest BCUT2D eigenvalue weighted by Crippen LogP contribution is -2.04. The highest BCUT2D eigenvalue weighted by Gasteiger charge is 2.03. The highest BCUT2D eigenvalue weighted by atomic mass is 19.1. The van der Waals surface area contributed by atoms with Crippen molar-refractivity contribution in [1.82, 2.24) is 0 Å². The number of benzene rings is 2. The van der Waals surface area contributed by atoms with Gasteiger partial charge in [-0.25, -0.2) is 4.39 Å². The van der Waals surface area contributed by atoms with E-state index in [4.69, 9.17) is 4.74 Å². The summed E-state index contributed by atoms with van der Waals surface area (Å²) in [6, 6.07) is 14.4. The van der Waals surface area contributed by atoms with Crippen LogP contribution in [-0.2, 0) is 6.54 Å². The molecule has 112 valence electrons. The van der Waals surface area contributed by atoms with E-state index in [0.29, 0.717) is 6.54 Å². The summed E-state index contributed by atoms with van der Waals surface area (Å²) in [5.41, 5.74) is 2.01. The molecule has 0 saturated heterocycles. The fourth-order valence-electron chi connectivity index (χ4n) is 2.09. The van der Waals surface area contributed by atoms with E-state index in [2.05, 4.69) is 12.2 Å². The second-order valence-corrected chi connectivity index (χ2v) is 5.02. The van der Waals surface area contributed by atoms with Crippen LogP contribution in [-0.4, -0.2) is 6.61 Å². The van der Waals surface area contributed by atoms with Crippen molar-refractivity contribution in [2.24, 2.45) is 0 Å². The molecule has 0 saturated carbocycles. The monoisotopic (exact) mass is 287 g/mol. The molecular weight excluding hydrogens is 265 g/mol. The Kier molecular flexibility index (Phi) is 6.07. The molecule has 0 aliphatic rings. The Bertz CT molecular complexity index is 539. The van der Waals surface area contributed by atoms with Gasteiger partial charge in [0.25, 0.3) is 0 Å². The lowest BCUT2D eigenvalue weighted by Gasteiger charge is -2.12. The second kappa shape index (κ2) is 8.30. The number of para-hydroxylation sites is 1. The molecule has 2 rings (SSSR count). The first-order chi connectivity index (χ1) is 10.3. The number of rotatable bonds is 8. The first kappa shape index (κ1) is 15.4. The van der Waals surface area contributed by atoms with Gasteiger partial charge in [-0.1, -0.05) is 38.0 Å². The van der Waals surface area contributed by atoms with Gasteiger partial charge in [0.2, 0.25) is 0 Å². The Morgan fingerprint density at radius 3 is 2.52 bits per heavy atom. The van der Waals surface area contributed by atoms with Crippen LogP contribution in [0.4, 0.5) is 10.1 Å². The zero-order valence-corrected chi connectivity index (χ0v) is 12.4. The van der Waals surface area contributed by atoms with Crippen molar-refractivity contribution in [3.63, 3.8) is 0 Å². The molecule has 0 bridgehead atoms. The third kappa shape index (κ3) is 5.10. The number of hydrogen-bond acceptors (Lipinski definition) is 2. The zero-order valence-electron chi connectivity index (χ0n) is 12.4. The molecule has 0 fully saturated rings. The maximum absolute atomic E-state index is 12.9. The minimum atomic E-state index is -0.222. The lowest BCUT2D eigenvalue weighted by atomic mass is 10.2. The Morgan fingerprint density at radius 1 is 1.00 bits per heavy atom. The topological polar surface area (TPSA) is 21.3 Å². The molecule has 2 nitrogen and oxygen atoms in total. The van der Waals surface area contributed by atoms with E-state index < -0.39 is 0 Å². The molecule has 0 aliphatic carbocycles. The second-order valence-electron chi connectivity index (χ2n) is 5.02. The summed E-state index contributed by atoms with van der Waals surface area (Å²) in [4.78, 5) is 0. The molecule has 0 heterocycles. The van der Waals surface area contributed by atoms with E-state index in [1.807, 2.05) is 24.3 Å². The summed E-state index contributed by atoms with van der Waals surface area (Å²) in [7, 11) is 0. The molecule has 0 radical (unpaired) electrons. The average molecular weight is 287 g/mol. The summed E-state index contributed by atoms with van der Waals surface area (Å²) in [5, 5.41) is 3.28. The Morgan fingerprint density at radius 2 is 1.76 bits per heavy atom. The van der Waals surface area contributed by atoms with Crippen LogP contribution in [0.25, 0.3) is 0 Å². The summed E-state index contributed by atoms with van der Waals surface area (Å²) < 4.78 is 18.7. The summed E-state index contributed by atoms with van der Waals surface area (Å²) in [6.45, 7) is 3.59. The van der Waals surface area contributed by atoms with Crippen molar-refractivity contribution in [2.45, 2.75) is 32.7 Å². The minimum absolute atomic E-state index is 0.222. The van der Waals surface area contributed by atoms with E-state index in [0.717, 1.165) is 30.0 Å². The molecule has 0 atom stereocenters. The van der Waals surface area contributed by atoms with Gasteiger partial charge in [-0.3, -0.25) is 0 Å². The van der Waals surface area contributed by atoms with Gasteiger partial charge in [-0.15, -0.1) is 0 Å². The van der Waals surface area contributed by atoms with E-state index in [1.165, 1.54) is 25.0 Å². The maximum Gasteiger partial charge on any atom is 0.124 e. The van der Waals surface area contributed by atoms with Crippen molar-refractivity contribution in [3.8, 4) is 5.75 Å². The van der Waals surface area contributed by atoms with Gasteiger partial charge >= 0.3 is 0 Å². The van der Waals surface area contributed by atoms with Crippen LogP contribution < -0.4 is 10.1 Å². The molecule has 0 spiro atoms. The molecule has 2 aromatic carbocycles. The van der Waals surface area contributed by atoms with Gasteiger partial charge in [0.1, 0.15) is 11.6 Å². The van der Waals surface area contributed by atoms with Crippen LogP contribution in [0.2, 0.25) is 0 Å².